The number of sulfonamides is 1. The number of rotatable bonds is 9. The van der Waals surface area contributed by atoms with Gasteiger partial charge in [0.15, 0.2) is 0 Å². The van der Waals surface area contributed by atoms with Crippen LogP contribution in [0.2, 0.25) is 0 Å². The van der Waals surface area contributed by atoms with E-state index in [0.717, 1.165) is 22.8 Å². The number of nitrogens with one attached hydrogen (secondary N) is 2. The monoisotopic (exact) mass is 396 g/mol. The van der Waals surface area contributed by atoms with Gasteiger partial charge < -0.3 is 5.32 Å². The van der Waals surface area contributed by atoms with Crippen LogP contribution in [0, 0.1) is 12.7 Å². The Hall–Kier alpha value is -1.90. The Morgan fingerprint density at radius 3 is 2.35 bits per heavy atom. The van der Waals surface area contributed by atoms with Crippen molar-refractivity contribution in [1.29, 1.82) is 0 Å². The number of aryl methyl sites for hydroxylation is 1. The molecule has 2 rings (SSSR count). The van der Waals surface area contributed by atoms with Gasteiger partial charge in [-0.2, -0.15) is 0 Å². The molecule has 0 unspecified atom stereocenters. The minimum atomic E-state index is -3.74. The lowest BCUT2D eigenvalue weighted by atomic mass is 10.2. The minimum absolute atomic E-state index is 0.0172. The molecule has 2 aromatic carbocycles. The van der Waals surface area contributed by atoms with Gasteiger partial charge in [0.1, 0.15) is 5.82 Å². The van der Waals surface area contributed by atoms with Crippen LogP contribution in [0.5, 0.6) is 0 Å². The average molecular weight is 397 g/mol. The molecule has 0 saturated heterocycles. The van der Waals surface area contributed by atoms with Gasteiger partial charge in [0.25, 0.3) is 0 Å². The van der Waals surface area contributed by atoms with E-state index < -0.39 is 15.8 Å². The fourth-order valence-electron chi connectivity index (χ4n) is 2.08. The van der Waals surface area contributed by atoms with Crippen molar-refractivity contribution in [2.45, 2.75) is 23.1 Å². The SMILES string of the molecule is Cc1ccc(SCCNC(=O)CCNS(=O)(=O)c2ccc(F)cc2)cc1. The van der Waals surface area contributed by atoms with Crippen LogP contribution in [-0.2, 0) is 14.8 Å². The molecule has 0 fully saturated rings. The summed E-state index contributed by atoms with van der Waals surface area (Å²) >= 11 is 1.64. The summed E-state index contributed by atoms with van der Waals surface area (Å²) in [6.45, 7) is 2.51. The van der Waals surface area contributed by atoms with Crippen molar-refractivity contribution >= 4 is 27.7 Å². The van der Waals surface area contributed by atoms with E-state index in [2.05, 4.69) is 10.0 Å². The first-order valence-corrected chi connectivity index (χ1v) is 10.5. The molecular formula is C18H21FN2O3S2. The van der Waals surface area contributed by atoms with Crippen molar-refractivity contribution in [2.24, 2.45) is 0 Å². The molecule has 8 heteroatoms. The molecule has 0 aliphatic rings. The maximum Gasteiger partial charge on any atom is 0.240 e. The minimum Gasteiger partial charge on any atom is -0.355 e. The van der Waals surface area contributed by atoms with Crippen molar-refractivity contribution < 1.29 is 17.6 Å². The Balaban J connectivity index is 1.65. The lowest BCUT2D eigenvalue weighted by molar-refractivity contribution is -0.120. The van der Waals surface area contributed by atoms with Crippen LogP contribution in [-0.4, -0.2) is 33.2 Å². The average Bonchev–Trinajstić information content (AvgIpc) is 2.60. The van der Waals surface area contributed by atoms with Crippen LogP contribution >= 0.6 is 11.8 Å². The number of hydrogen-bond acceptors (Lipinski definition) is 4. The summed E-state index contributed by atoms with van der Waals surface area (Å²) in [4.78, 5) is 12.9. The first kappa shape index (κ1) is 20.4. The third kappa shape index (κ3) is 6.78. The summed E-state index contributed by atoms with van der Waals surface area (Å²) in [6, 6.07) is 12.7. The number of hydrogen-bond donors (Lipinski definition) is 2. The number of halogens is 1. The van der Waals surface area contributed by atoms with Crippen LogP contribution in [0.4, 0.5) is 4.39 Å². The molecule has 0 bridgehead atoms. The van der Waals surface area contributed by atoms with Crippen LogP contribution in [0.3, 0.4) is 0 Å². The number of carbonyl (C=O) groups is 1. The molecule has 0 heterocycles. The molecule has 26 heavy (non-hydrogen) atoms. The summed E-state index contributed by atoms with van der Waals surface area (Å²) in [5.74, 6) is -0.000948. The Bertz CT molecular complexity index is 823. The zero-order valence-corrected chi connectivity index (χ0v) is 16.0. The second-order valence-corrected chi connectivity index (χ2v) is 8.55. The molecule has 0 spiro atoms. The maximum atomic E-state index is 12.8. The summed E-state index contributed by atoms with van der Waals surface area (Å²) in [7, 11) is -3.74. The van der Waals surface area contributed by atoms with Gasteiger partial charge in [-0.1, -0.05) is 17.7 Å². The zero-order valence-electron chi connectivity index (χ0n) is 14.4. The van der Waals surface area contributed by atoms with Crippen molar-refractivity contribution in [3.05, 3.63) is 59.9 Å². The molecule has 2 aromatic rings. The lowest BCUT2D eigenvalue weighted by Crippen LogP contribution is -2.31. The van der Waals surface area contributed by atoms with Crippen LogP contribution in [0.25, 0.3) is 0 Å². The van der Waals surface area contributed by atoms with E-state index in [9.17, 15) is 17.6 Å². The molecule has 0 radical (unpaired) electrons. The standard InChI is InChI=1S/C18H21FN2O3S2/c1-14-2-6-16(7-3-14)25-13-12-20-18(22)10-11-21-26(23,24)17-8-4-15(19)5-9-17/h2-9,21H,10-13H2,1H3,(H,20,22). The fraction of sp³-hybridized carbons (Fsp3) is 0.278. The van der Waals surface area contributed by atoms with Crippen molar-refractivity contribution in [3.8, 4) is 0 Å². The number of benzene rings is 2. The lowest BCUT2D eigenvalue weighted by Gasteiger charge is -2.08. The highest BCUT2D eigenvalue weighted by atomic mass is 32.2. The van der Waals surface area contributed by atoms with E-state index in [4.69, 9.17) is 0 Å². The Labute approximate surface area is 157 Å². The molecule has 5 nitrogen and oxygen atoms in total. The second-order valence-electron chi connectivity index (χ2n) is 5.61. The number of amides is 1. The second kappa shape index (κ2) is 9.70. The van der Waals surface area contributed by atoms with E-state index in [-0.39, 0.29) is 23.8 Å². The molecule has 0 aliphatic heterocycles. The van der Waals surface area contributed by atoms with Crippen molar-refractivity contribution in [3.63, 3.8) is 0 Å². The Morgan fingerprint density at radius 1 is 1.04 bits per heavy atom. The van der Waals surface area contributed by atoms with Crippen LogP contribution in [0.15, 0.2) is 58.3 Å². The quantitative estimate of drug-likeness (QED) is 0.505. The summed E-state index contributed by atoms with van der Waals surface area (Å²) < 4.78 is 39.2. The Kier molecular flexibility index (Phi) is 7.62. The summed E-state index contributed by atoms with van der Waals surface area (Å²) in [5.41, 5.74) is 1.20. The van der Waals surface area contributed by atoms with Gasteiger partial charge in [0, 0.05) is 30.2 Å². The van der Waals surface area contributed by atoms with Gasteiger partial charge in [-0.15, -0.1) is 11.8 Å². The smallest absolute Gasteiger partial charge is 0.240 e. The third-order valence-electron chi connectivity index (χ3n) is 3.48. The molecule has 0 aliphatic carbocycles. The topological polar surface area (TPSA) is 75.3 Å². The predicted molar refractivity (Wildman–Crippen MR) is 101 cm³/mol. The van der Waals surface area contributed by atoms with Gasteiger partial charge >= 0.3 is 0 Å². The fourth-order valence-corrected chi connectivity index (χ4v) is 3.88. The number of carbonyl (C=O) groups excluding carboxylic acids is 1. The van der Waals surface area contributed by atoms with Gasteiger partial charge in [-0.25, -0.2) is 17.5 Å². The molecule has 0 aromatic heterocycles. The van der Waals surface area contributed by atoms with Gasteiger partial charge in [0.2, 0.25) is 15.9 Å². The third-order valence-corrected chi connectivity index (χ3v) is 5.97. The summed E-state index contributed by atoms with van der Waals surface area (Å²) in [5, 5.41) is 2.75. The molecule has 0 saturated carbocycles. The Morgan fingerprint density at radius 2 is 1.69 bits per heavy atom. The first-order valence-electron chi connectivity index (χ1n) is 8.08. The van der Waals surface area contributed by atoms with Gasteiger partial charge in [0.05, 0.1) is 4.90 Å². The van der Waals surface area contributed by atoms with Gasteiger partial charge in [-0.05, 0) is 43.3 Å². The van der Waals surface area contributed by atoms with Crippen molar-refractivity contribution in [1.82, 2.24) is 10.0 Å². The van der Waals surface area contributed by atoms with Crippen LogP contribution < -0.4 is 10.0 Å². The van der Waals surface area contributed by atoms with E-state index in [0.29, 0.717) is 6.54 Å². The molecule has 140 valence electrons. The first-order chi connectivity index (χ1) is 12.4. The van der Waals surface area contributed by atoms with Gasteiger partial charge in [-0.3, -0.25) is 4.79 Å². The molecular weight excluding hydrogens is 375 g/mol. The highest BCUT2D eigenvalue weighted by Gasteiger charge is 2.14. The highest BCUT2D eigenvalue weighted by Crippen LogP contribution is 2.17. The highest BCUT2D eigenvalue weighted by molar-refractivity contribution is 7.99. The zero-order chi connectivity index (χ0) is 19.0. The maximum absolute atomic E-state index is 12.8. The van der Waals surface area contributed by atoms with E-state index in [1.807, 2.05) is 31.2 Å². The molecule has 2 N–H and O–H groups in total. The summed E-state index contributed by atoms with van der Waals surface area (Å²) in [6.07, 6.45) is 0.0373. The van der Waals surface area contributed by atoms with Crippen molar-refractivity contribution in [2.75, 3.05) is 18.8 Å². The van der Waals surface area contributed by atoms with E-state index >= 15 is 0 Å². The molecule has 0 atom stereocenters. The van der Waals surface area contributed by atoms with E-state index in [1.54, 1.807) is 11.8 Å². The normalized spacial score (nSPS) is 11.3. The largest absolute Gasteiger partial charge is 0.355 e. The van der Waals surface area contributed by atoms with E-state index in [1.165, 1.54) is 17.7 Å². The number of thioether (sulfide) groups is 1. The molecule has 1 amide bonds. The predicted octanol–water partition coefficient (Wildman–Crippen LogP) is 2.71. The van der Waals surface area contributed by atoms with Crippen LogP contribution in [0.1, 0.15) is 12.0 Å².